The van der Waals surface area contributed by atoms with E-state index in [1.165, 1.54) is 10.9 Å². The van der Waals surface area contributed by atoms with Crippen molar-refractivity contribution in [3.05, 3.63) is 11.9 Å². The molecule has 0 aliphatic carbocycles. The first kappa shape index (κ1) is 16.8. The molecule has 12 heteroatoms. The van der Waals surface area contributed by atoms with E-state index in [1.807, 2.05) is 0 Å². The number of sulfonamides is 1. The Balaban J connectivity index is 2.17. The van der Waals surface area contributed by atoms with Crippen molar-refractivity contribution in [3.63, 3.8) is 0 Å². The minimum absolute atomic E-state index is 0.175. The van der Waals surface area contributed by atoms with Gasteiger partial charge in [-0.15, -0.1) is 5.10 Å². The number of hydrogen-bond acceptors (Lipinski definition) is 6. The second-order valence-corrected chi connectivity index (χ2v) is 5.81. The molecule has 21 heavy (non-hydrogen) atoms. The van der Waals surface area contributed by atoms with Crippen LogP contribution in [0.1, 0.15) is 16.9 Å². The van der Waals surface area contributed by atoms with Crippen LogP contribution in [0.2, 0.25) is 0 Å². The van der Waals surface area contributed by atoms with Crippen molar-refractivity contribution in [1.29, 1.82) is 0 Å². The molecular weight excluding hydrogens is 304 g/mol. The minimum Gasteiger partial charge on any atom is -0.476 e. The zero-order valence-electron chi connectivity index (χ0n) is 11.0. The van der Waals surface area contributed by atoms with E-state index in [1.54, 1.807) is 0 Å². The maximum Gasteiger partial charge on any atom is 0.358 e. The van der Waals surface area contributed by atoms with Gasteiger partial charge in [-0.25, -0.2) is 27.8 Å². The highest BCUT2D eigenvalue weighted by Crippen LogP contribution is 1.91. The van der Waals surface area contributed by atoms with Gasteiger partial charge >= 0.3 is 12.0 Å². The SMILES string of the molecule is NS(=O)(=O)CCCNC(=O)NCCn1cc(C(=O)O)nn1. The van der Waals surface area contributed by atoms with Gasteiger partial charge in [0, 0.05) is 13.1 Å². The van der Waals surface area contributed by atoms with E-state index in [2.05, 4.69) is 20.9 Å². The van der Waals surface area contributed by atoms with Crippen LogP contribution >= 0.6 is 0 Å². The number of urea groups is 1. The van der Waals surface area contributed by atoms with Crippen LogP contribution in [-0.2, 0) is 16.6 Å². The first-order valence-corrected chi connectivity index (χ1v) is 7.65. The van der Waals surface area contributed by atoms with Gasteiger partial charge in [0.25, 0.3) is 0 Å². The van der Waals surface area contributed by atoms with Crippen LogP contribution in [0.25, 0.3) is 0 Å². The summed E-state index contributed by atoms with van der Waals surface area (Å²) in [5, 5.41) is 25.4. The molecule has 2 amide bonds. The number of nitrogens with one attached hydrogen (secondary N) is 2. The highest BCUT2D eigenvalue weighted by atomic mass is 32.2. The van der Waals surface area contributed by atoms with Crippen molar-refractivity contribution in [3.8, 4) is 0 Å². The number of nitrogens with zero attached hydrogens (tertiary/aromatic N) is 3. The average molecular weight is 320 g/mol. The van der Waals surface area contributed by atoms with Crippen molar-refractivity contribution < 1.29 is 23.1 Å². The summed E-state index contributed by atoms with van der Waals surface area (Å²) in [6.45, 7) is 0.642. The molecule has 0 aromatic carbocycles. The predicted molar refractivity (Wildman–Crippen MR) is 71.0 cm³/mol. The van der Waals surface area contributed by atoms with Gasteiger partial charge in [0.05, 0.1) is 18.5 Å². The Morgan fingerprint density at radius 1 is 1.33 bits per heavy atom. The third-order valence-corrected chi connectivity index (χ3v) is 3.13. The van der Waals surface area contributed by atoms with Gasteiger partial charge in [-0.3, -0.25) is 0 Å². The van der Waals surface area contributed by atoms with E-state index < -0.39 is 22.0 Å². The van der Waals surface area contributed by atoms with Gasteiger partial charge in [-0.1, -0.05) is 5.21 Å². The summed E-state index contributed by atoms with van der Waals surface area (Å²) < 4.78 is 22.6. The average Bonchev–Trinajstić information content (AvgIpc) is 2.82. The Bertz CT molecular complexity index is 598. The zero-order valence-corrected chi connectivity index (χ0v) is 11.8. The third-order valence-electron chi connectivity index (χ3n) is 2.28. The van der Waals surface area contributed by atoms with Crippen molar-refractivity contribution in [2.45, 2.75) is 13.0 Å². The molecule has 1 aromatic rings. The first-order chi connectivity index (χ1) is 9.78. The quantitative estimate of drug-likeness (QED) is 0.399. The number of nitrogens with two attached hydrogens (primary N) is 1. The van der Waals surface area contributed by atoms with Crippen LogP contribution in [0.3, 0.4) is 0 Å². The molecule has 0 atom stereocenters. The summed E-state index contributed by atoms with van der Waals surface area (Å²) in [5.41, 5.74) is -0.178. The summed E-state index contributed by atoms with van der Waals surface area (Å²) in [7, 11) is -3.52. The second-order valence-electron chi connectivity index (χ2n) is 4.08. The summed E-state index contributed by atoms with van der Waals surface area (Å²) in [6.07, 6.45) is 1.46. The zero-order chi connectivity index (χ0) is 15.9. The lowest BCUT2D eigenvalue weighted by atomic mass is 10.5. The summed E-state index contributed by atoms with van der Waals surface area (Å²) in [6, 6.07) is -0.469. The maximum absolute atomic E-state index is 11.3. The van der Waals surface area contributed by atoms with E-state index in [0.717, 1.165) is 0 Å². The number of aromatic carboxylic acids is 1. The minimum atomic E-state index is -3.52. The fraction of sp³-hybridized carbons (Fsp3) is 0.556. The van der Waals surface area contributed by atoms with Crippen molar-refractivity contribution in [1.82, 2.24) is 25.6 Å². The van der Waals surface area contributed by atoms with Gasteiger partial charge in [-0.2, -0.15) is 0 Å². The van der Waals surface area contributed by atoms with Gasteiger partial charge in [0.1, 0.15) is 0 Å². The highest BCUT2D eigenvalue weighted by Gasteiger charge is 2.08. The van der Waals surface area contributed by atoms with Crippen LogP contribution < -0.4 is 15.8 Å². The van der Waals surface area contributed by atoms with Crippen LogP contribution in [0.5, 0.6) is 0 Å². The number of primary sulfonamides is 1. The molecule has 0 aliphatic rings. The fourth-order valence-electron chi connectivity index (χ4n) is 1.33. The second kappa shape index (κ2) is 7.54. The number of aromatic nitrogens is 3. The smallest absolute Gasteiger partial charge is 0.358 e. The van der Waals surface area contributed by atoms with E-state index in [4.69, 9.17) is 10.2 Å². The van der Waals surface area contributed by atoms with E-state index in [-0.39, 0.29) is 37.5 Å². The lowest BCUT2D eigenvalue weighted by Crippen LogP contribution is -2.38. The number of carboxylic acids is 1. The van der Waals surface area contributed by atoms with Gasteiger partial charge in [-0.05, 0) is 6.42 Å². The summed E-state index contributed by atoms with van der Waals surface area (Å²) in [4.78, 5) is 21.9. The Morgan fingerprint density at radius 3 is 2.57 bits per heavy atom. The number of hydrogen-bond donors (Lipinski definition) is 4. The first-order valence-electron chi connectivity index (χ1n) is 5.93. The Hall–Kier alpha value is -2.21. The number of carbonyl (C=O) groups is 2. The lowest BCUT2D eigenvalue weighted by Gasteiger charge is -2.06. The number of amides is 2. The molecule has 0 unspecified atom stereocenters. The highest BCUT2D eigenvalue weighted by molar-refractivity contribution is 7.89. The normalized spacial score (nSPS) is 11.1. The van der Waals surface area contributed by atoms with E-state index in [9.17, 15) is 18.0 Å². The maximum atomic E-state index is 11.3. The number of carboxylic acid groups (broad SMARTS) is 1. The fourth-order valence-corrected chi connectivity index (χ4v) is 1.87. The van der Waals surface area contributed by atoms with Gasteiger partial charge in [0.15, 0.2) is 5.69 Å². The van der Waals surface area contributed by atoms with Crippen molar-refractivity contribution in [2.75, 3.05) is 18.8 Å². The van der Waals surface area contributed by atoms with E-state index in [0.29, 0.717) is 0 Å². The molecule has 0 spiro atoms. The molecule has 118 valence electrons. The number of rotatable bonds is 8. The Kier molecular flexibility index (Phi) is 6.05. The molecule has 1 rings (SSSR count). The van der Waals surface area contributed by atoms with Gasteiger partial charge in [0.2, 0.25) is 10.0 Å². The predicted octanol–water partition coefficient (Wildman–Crippen LogP) is -2.05. The number of carbonyl (C=O) groups excluding carboxylic acids is 1. The molecule has 0 aliphatic heterocycles. The largest absolute Gasteiger partial charge is 0.476 e. The molecule has 5 N–H and O–H groups in total. The molecule has 1 aromatic heterocycles. The molecule has 0 saturated heterocycles. The lowest BCUT2D eigenvalue weighted by molar-refractivity contribution is 0.0690. The molecule has 0 fully saturated rings. The van der Waals surface area contributed by atoms with Crippen LogP contribution in [-0.4, -0.2) is 59.4 Å². The van der Waals surface area contributed by atoms with Gasteiger partial charge < -0.3 is 15.7 Å². The molecule has 1 heterocycles. The Morgan fingerprint density at radius 2 is 2.00 bits per heavy atom. The van der Waals surface area contributed by atoms with Crippen molar-refractivity contribution in [2.24, 2.45) is 5.14 Å². The van der Waals surface area contributed by atoms with Crippen LogP contribution in [0.15, 0.2) is 6.20 Å². The van der Waals surface area contributed by atoms with Crippen LogP contribution in [0.4, 0.5) is 4.79 Å². The van der Waals surface area contributed by atoms with E-state index >= 15 is 0 Å². The monoisotopic (exact) mass is 320 g/mol. The summed E-state index contributed by atoms with van der Waals surface area (Å²) in [5.74, 6) is -1.38. The molecule has 0 radical (unpaired) electrons. The molecular formula is C9H16N6O5S. The molecule has 11 nitrogen and oxygen atoms in total. The topological polar surface area (TPSA) is 169 Å². The van der Waals surface area contributed by atoms with Crippen molar-refractivity contribution >= 4 is 22.0 Å². The summed E-state index contributed by atoms with van der Waals surface area (Å²) >= 11 is 0. The van der Waals surface area contributed by atoms with Crippen LogP contribution in [0, 0.1) is 0 Å². The molecule has 0 saturated carbocycles. The Labute approximate surface area is 120 Å². The standard InChI is InChI=1S/C9H16N6O5S/c10-21(19,20)5-1-2-11-9(18)12-3-4-15-6-7(8(16)17)13-14-15/h6H,1-5H2,(H,16,17)(H2,10,19,20)(H2,11,12,18). The third kappa shape index (κ3) is 7.22. The molecule has 0 bridgehead atoms.